The Bertz CT molecular complexity index is 932. The SMILES string of the molecule is O=C(Nc1ccc(N2CCCNC2=O)cc1)c1ccc2nc[nH]c2c1. The average Bonchev–Trinajstić information content (AvgIpc) is 3.10. The third kappa shape index (κ3) is 3.03. The molecule has 3 aromatic rings. The second-order valence-electron chi connectivity index (χ2n) is 5.87. The van der Waals surface area contributed by atoms with Gasteiger partial charge in [-0.3, -0.25) is 9.69 Å². The van der Waals surface area contributed by atoms with Crippen LogP contribution in [0.4, 0.5) is 16.2 Å². The van der Waals surface area contributed by atoms with Crippen LogP contribution < -0.4 is 15.5 Å². The Balaban J connectivity index is 1.48. The van der Waals surface area contributed by atoms with E-state index in [0.717, 1.165) is 23.1 Å². The van der Waals surface area contributed by atoms with Crippen LogP contribution in [0.3, 0.4) is 0 Å². The van der Waals surface area contributed by atoms with E-state index in [9.17, 15) is 9.59 Å². The van der Waals surface area contributed by atoms with Gasteiger partial charge in [-0.05, 0) is 48.9 Å². The minimum absolute atomic E-state index is 0.0871. The minimum Gasteiger partial charge on any atom is -0.345 e. The van der Waals surface area contributed by atoms with Crippen LogP contribution in [-0.4, -0.2) is 35.0 Å². The van der Waals surface area contributed by atoms with Crippen LogP contribution in [0.25, 0.3) is 11.0 Å². The van der Waals surface area contributed by atoms with E-state index in [-0.39, 0.29) is 11.9 Å². The second kappa shape index (κ2) is 6.27. The predicted octanol–water partition coefficient (Wildman–Crippen LogP) is 2.73. The summed E-state index contributed by atoms with van der Waals surface area (Å²) < 4.78 is 0. The molecule has 3 N–H and O–H groups in total. The van der Waals surface area contributed by atoms with Gasteiger partial charge in [-0.2, -0.15) is 0 Å². The number of amides is 3. The number of H-pyrrole nitrogens is 1. The molecule has 1 aromatic heterocycles. The lowest BCUT2D eigenvalue weighted by atomic mass is 10.1. The summed E-state index contributed by atoms with van der Waals surface area (Å²) >= 11 is 0. The van der Waals surface area contributed by atoms with Crippen molar-refractivity contribution in [1.82, 2.24) is 15.3 Å². The lowest BCUT2D eigenvalue weighted by molar-refractivity contribution is 0.102. The summed E-state index contributed by atoms with van der Waals surface area (Å²) in [5.74, 6) is -0.194. The molecule has 0 aliphatic carbocycles. The number of rotatable bonds is 3. The number of aromatic nitrogens is 2. The Labute approximate surface area is 144 Å². The van der Waals surface area contributed by atoms with Gasteiger partial charge >= 0.3 is 6.03 Å². The van der Waals surface area contributed by atoms with Crippen LogP contribution in [0.1, 0.15) is 16.8 Å². The number of carbonyl (C=O) groups is 2. The molecule has 4 rings (SSSR count). The molecule has 2 heterocycles. The monoisotopic (exact) mass is 335 g/mol. The largest absolute Gasteiger partial charge is 0.345 e. The van der Waals surface area contributed by atoms with Crippen LogP contribution in [0, 0.1) is 0 Å². The zero-order chi connectivity index (χ0) is 17.2. The summed E-state index contributed by atoms with van der Waals surface area (Å²) in [5, 5.41) is 5.68. The first-order valence-electron chi connectivity index (χ1n) is 8.11. The van der Waals surface area contributed by atoms with E-state index >= 15 is 0 Å². The highest BCUT2D eigenvalue weighted by Crippen LogP contribution is 2.20. The van der Waals surface area contributed by atoms with Gasteiger partial charge in [-0.1, -0.05) is 0 Å². The maximum absolute atomic E-state index is 12.4. The first kappa shape index (κ1) is 15.2. The minimum atomic E-state index is -0.194. The molecular formula is C18H17N5O2. The van der Waals surface area contributed by atoms with Gasteiger partial charge in [0.25, 0.3) is 5.91 Å². The van der Waals surface area contributed by atoms with Gasteiger partial charge in [0.2, 0.25) is 0 Å². The third-order valence-electron chi connectivity index (χ3n) is 4.20. The highest BCUT2D eigenvalue weighted by atomic mass is 16.2. The van der Waals surface area contributed by atoms with E-state index in [1.54, 1.807) is 41.6 Å². The van der Waals surface area contributed by atoms with Gasteiger partial charge < -0.3 is 15.6 Å². The van der Waals surface area contributed by atoms with Crippen LogP contribution >= 0.6 is 0 Å². The number of nitrogens with zero attached hydrogens (tertiary/aromatic N) is 2. The molecule has 25 heavy (non-hydrogen) atoms. The van der Waals surface area contributed by atoms with Crippen LogP contribution in [-0.2, 0) is 0 Å². The quantitative estimate of drug-likeness (QED) is 0.687. The zero-order valence-corrected chi connectivity index (χ0v) is 13.5. The van der Waals surface area contributed by atoms with Gasteiger partial charge in [0.1, 0.15) is 0 Å². The summed E-state index contributed by atoms with van der Waals surface area (Å²) in [6.45, 7) is 1.41. The molecule has 1 aliphatic rings. The fraction of sp³-hybridized carbons (Fsp3) is 0.167. The number of anilines is 2. The Morgan fingerprint density at radius 2 is 2.00 bits per heavy atom. The van der Waals surface area contributed by atoms with Crippen molar-refractivity contribution in [2.75, 3.05) is 23.3 Å². The fourth-order valence-corrected chi connectivity index (χ4v) is 2.88. The number of aromatic amines is 1. The van der Waals surface area contributed by atoms with Gasteiger partial charge in [0.15, 0.2) is 0 Å². The van der Waals surface area contributed by atoms with Gasteiger partial charge in [-0.15, -0.1) is 0 Å². The van der Waals surface area contributed by atoms with E-state index in [2.05, 4.69) is 20.6 Å². The van der Waals surface area contributed by atoms with Crippen molar-refractivity contribution in [2.45, 2.75) is 6.42 Å². The summed E-state index contributed by atoms with van der Waals surface area (Å²) in [6.07, 6.45) is 2.52. The number of fused-ring (bicyclic) bond motifs is 1. The van der Waals surface area contributed by atoms with E-state index < -0.39 is 0 Å². The van der Waals surface area contributed by atoms with Crippen LogP contribution in [0.5, 0.6) is 0 Å². The lowest BCUT2D eigenvalue weighted by Gasteiger charge is -2.27. The van der Waals surface area contributed by atoms with E-state index in [4.69, 9.17) is 0 Å². The van der Waals surface area contributed by atoms with Crippen molar-refractivity contribution in [1.29, 1.82) is 0 Å². The molecule has 0 atom stereocenters. The first-order valence-corrected chi connectivity index (χ1v) is 8.11. The maximum Gasteiger partial charge on any atom is 0.321 e. The van der Waals surface area contributed by atoms with Crippen LogP contribution in [0.15, 0.2) is 48.8 Å². The molecule has 2 aromatic carbocycles. The molecule has 1 fully saturated rings. The number of benzene rings is 2. The molecule has 0 radical (unpaired) electrons. The van der Waals surface area contributed by atoms with Crippen molar-refractivity contribution in [3.8, 4) is 0 Å². The topological polar surface area (TPSA) is 90.1 Å². The molecule has 7 nitrogen and oxygen atoms in total. The van der Waals surface area contributed by atoms with Crippen LogP contribution in [0.2, 0.25) is 0 Å². The van der Waals surface area contributed by atoms with Crippen molar-refractivity contribution < 1.29 is 9.59 Å². The fourth-order valence-electron chi connectivity index (χ4n) is 2.88. The van der Waals surface area contributed by atoms with Crippen molar-refractivity contribution >= 4 is 34.3 Å². The summed E-state index contributed by atoms with van der Waals surface area (Å²) in [6, 6.07) is 12.5. The molecule has 1 saturated heterocycles. The molecule has 0 unspecified atom stereocenters. The summed E-state index contributed by atoms with van der Waals surface area (Å²) in [5.41, 5.74) is 3.68. The Kier molecular flexibility index (Phi) is 3.81. The van der Waals surface area contributed by atoms with Gasteiger partial charge in [-0.25, -0.2) is 9.78 Å². The lowest BCUT2D eigenvalue weighted by Crippen LogP contribution is -2.46. The number of hydrogen-bond acceptors (Lipinski definition) is 3. The maximum atomic E-state index is 12.4. The Hall–Kier alpha value is -3.35. The molecule has 7 heteroatoms. The Morgan fingerprint density at radius 1 is 1.16 bits per heavy atom. The van der Waals surface area contributed by atoms with Crippen molar-refractivity contribution in [3.05, 3.63) is 54.4 Å². The average molecular weight is 335 g/mol. The summed E-state index contributed by atoms with van der Waals surface area (Å²) in [7, 11) is 0. The molecule has 0 bridgehead atoms. The smallest absolute Gasteiger partial charge is 0.321 e. The highest BCUT2D eigenvalue weighted by Gasteiger charge is 2.19. The summed E-state index contributed by atoms with van der Waals surface area (Å²) in [4.78, 5) is 33.1. The van der Waals surface area contributed by atoms with Gasteiger partial charge in [0.05, 0.1) is 17.4 Å². The number of imidazole rings is 1. The van der Waals surface area contributed by atoms with E-state index in [1.165, 1.54) is 0 Å². The highest BCUT2D eigenvalue weighted by molar-refractivity contribution is 6.06. The molecule has 0 spiro atoms. The van der Waals surface area contributed by atoms with Crippen molar-refractivity contribution in [3.63, 3.8) is 0 Å². The number of nitrogens with one attached hydrogen (secondary N) is 3. The first-order chi connectivity index (χ1) is 12.2. The number of urea groups is 1. The van der Waals surface area contributed by atoms with E-state index in [1.807, 2.05) is 12.1 Å². The predicted molar refractivity (Wildman–Crippen MR) is 95.9 cm³/mol. The molecular weight excluding hydrogens is 318 g/mol. The Morgan fingerprint density at radius 3 is 2.80 bits per heavy atom. The van der Waals surface area contributed by atoms with Gasteiger partial charge in [0, 0.05) is 30.0 Å². The molecule has 3 amide bonds. The number of carbonyl (C=O) groups excluding carboxylic acids is 2. The molecule has 1 aliphatic heterocycles. The second-order valence-corrected chi connectivity index (χ2v) is 5.87. The third-order valence-corrected chi connectivity index (χ3v) is 4.20. The normalized spacial score (nSPS) is 14.4. The number of hydrogen-bond donors (Lipinski definition) is 3. The van der Waals surface area contributed by atoms with E-state index in [0.29, 0.717) is 24.3 Å². The standard InChI is InChI=1S/C18H17N5O2/c24-17(12-2-7-15-16(10-12)21-11-20-15)22-13-3-5-14(6-4-13)23-9-1-8-19-18(23)25/h2-7,10-11H,1,8-9H2,(H,19,25)(H,20,21)(H,22,24). The molecule has 126 valence electrons. The molecule has 0 saturated carbocycles. The zero-order valence-electron chi connectivity index (χ0n) is 13.5. The van der Waals surface area contributed by atoms with Crippen molar-refractivity contribution in [2.24, 2.45) is 0 Å².